The molecule has 2 atom stereocenters. The zero-order chi connectivity index (χ0) is 14.9. The van der Waals surface area contributed by atoms with Gasteiger partial charge in [-0.25, -0.2) is 13.1 Å². The SMILES string of the molecule is Cc1ccc(C2C(S(=O)(=O)NCC(C)C)CON2C)s1. The van der Waals surface area contributed by atoms with Gasteiger partial charge >= 0.3 is 0 Å². The Hall–Kier alpha value is -0.470. The molecule has 1 N–H and O–H groups in total. The van der Waals surface area contributed by atoms with Crippen LogP contribution in [-0.2, 0) is 14.9 Å². The second-order valence-electron chi connectivity index (χ2n) is 5.56. The van der Waals surface area contributed by atoms with E-state index in [1.165, 1.54) is 4.88 Å². The fourth-order valence-electron chi connectivity index (χ4n) is 2.22. The van der Waals surface area contributed by atoms with E-state index in [1.54, 1.807) is 23.4 Å². The molecule has 0 amide bonds. The number of nitrogens with zero attached hydrogens (tertiary/aromatic N) is 1. The van der Waals surface area contributed by atoms with Gasteiger partial charge in [0.15, 0.2) is 0 Å². The molecule has 0 radical (unpaired) electrons. The molecule has 1 aromatic rings. The molecule has 1 aliphatic rings. The third-order valence-electron chi connectivity index (χ3n) is 3.33. The number of hydrogen-bond donors (Lipinski definition) is 1. The summed E-state index contributed by atoms with van der Waals surface area (Å²) in [6.45, 7) is 6.65. The van der Waals surface area contributed by atoms with Gasteiger partial charge in [0.2, 0.25) is 10.0 Å². The van der Waals surface area contributed by atoms with Crippen LogP contribution in [0.5, 0.6) is 0 Å². The van der Waals surface area contributed by atoms with Gasteiger partial charge in [-0.2, -0.15) is 5.06 Å². The number of hydrogen-bond acceptors (Lipinski definition) is 5. The van der Waals surface area contributed by atoms with Gasteiger partial charge in [0.05, 0.1) is 12.6 Å². The molecule has 1 fully saturated rings. The Morgan fingerprint density at radius 2 is 2.20 bits per heavy atom. The molecule has 0 bridgehead atoms. The van der Waals surface area contributed by atoms with Crippen molar-refractivity contribution in [3.63, 3.8) is 0 Å². The lowest BCUT2D eigenvalue weighted by atomic mass is 10.2. The monoisotopic (exact) mass is 318 g/mol. The van der Waals surface area contributed by atoms with E-state index in [1.807, 2.05) is 32.9 Å². The molecule has 20 heavy (non-hydrogen) atoms. The van der Waals surface area contributed by atoms with Gasteiger partial charge in [0.1, 0.15) is 5.25 Å². The Morgan fingerprint density at radius 1 is 1.50 bits per heavy atom. The highest BCUT2D eigenvalue weighted by atomic mass is 32.2. The van der Waals surface area contributed by atoms with Crippen LogP contribution in [0.4, 0.5) is 0 Å². The topological polar surface area (TPSA) is 58.6 Å². The van der Waals surface area contributed by atoms with Crippen molar-refractivity contribution in [2.45, 2.75) is 32.1 Å². The van der Waals surface area contributed by atoms with Crippen molar-refractivity contribution >= 4 is 21.4 Å². The molecule has 5 nitrogen and oxygen atoms in total. The Bertz CT molecular complexity index is 554. The standard InChI is InChI=1S/C13H22N2O3S2/c1-9(2)7-14-20(16,17)12-8-18-15(4)13(12)11-6-5-10(3)19-11/h5-6,9,12-14H,7-8H2,1-4H3. The van der Waals surface area contributed by atoms with Crippen LogP contribution in [0.1, 0.15) is 29.6 Å². The highest BCUT2D eigenvalue weighted by Crippen LogP contribution is 2.36. The van der Waals surface area contributed by atoms with Crippen LogP contribution in [0.2, 0.25) is 0 Å². The molecule has 1 aromatic heterocycles. The van der Waals surface area contributed by atoms with E-state index in [0.29, 0.717) is 6.54 Å². The maximum Gasteiger partial charge on any atom is 0.218 e. The van der Waals surface area contributed by atoms with Crippen LogP contribution < -0.4 is 4.72 Å². The zero-order valence-corrected chi connectivity index (χ0v) is 13.9. The van der Waals surface area contributed by atoms with Crippen molar-refractivity contribution in [3.8, 4) is 0 Å². The van der Waals surface area contributed by atoms with Crippen molar-refractivity contribution in [2.24, 2.45) is 5.92 Å². The number of aryl methyl sites for hydroxylation is 1. The summed E-state index contributed by atoms with van der Waals surface area (Å²) in [5, 5.41) is 1.09. The van der Waals surface area contributed by atoms with Crippen molar-refractivity contribution in [1.29, 1.82) is 0 Å². The molecule has 1 aliphatic heterocycles. The quantitative estimate of drug-likeness (QED) is 0.901. The van der Waals surface area contributed by atoms with Crippen LogP contribution in [0.3, 0.4) is 0 Å². The molecule has 114 valence electrons. The second kappa shape index (κ2) is 6.11. The minimum atomic E-state index is -3.39. The van der Waals surface area contributed by atoms with Crippen LogP contribution in [0, 0.1) is 12.8 Å². The molecule has 2 rings (SSSR count). The number of nitrogens with one attached hydrogen (secondary N) is 1. The average Bonchev–Trinajstić information content (AvgIpc) is 2.93. The van der Waals surface area contributed by atoms with E-state index in [2.05, 4.69) is 4.72 Å². The number of rotatable bonds is 5. The molecular weight excluding hydrogens is 296 g/mol. The summed E-state index contributed by atoms with van der Waals surface area (Å²) in [6.07, 6.45) is 0. The van der Waals surface area contributed by atoms with Gasteiger partial charge < -0.3 is 0 Å². The molecule has 0 aromatic carbocycles. The van der Waals surface area contributed by atoms with E-state index in [9.17, 15) is 8.42 Å². The highest BCUT2D eigenvalue weighted by molar-refractivity contribution is 7.90. The Kier molecular flexibility index (Phi) is 4.86. The first-order valence-electron chi connectivity index (χ1n) is 6.72. The minimum absolute atomic E-state index is 0.200. The Balaban J connectivity index is 2.21. The fraction of sp³-hybridized carbons (Fsp3) is 0.692. The van der Waals surface area contributed by atoms with Crippen molar-refractivity contribution in [2.75, 3.05) is 20.2 Å². The molecule has 0 spiro atoms. The second-order valence-corrected chi connectivity index (χ2v) is 8.86. The molecule has 2 unspecified atom stereocenters. The van der Waals surface area contributed by atoms with E-state index >= 15 is 0 Å². The predicted molar refractivity (Wildman–Crippen MR) is 81.1 cm³/mol. The van der Waals surface area contributed by atoms with E-state index in [-0.39, 0.29) is 18.6 Å². The third kappa shape index (κ3) is 3.40. The number of hydroxylamine groups is 2. The smallest absolute Gasteiger partial charge is 0.218 e. The summed E-state index contributed by atoms with van der Waals surface area (Å²) < 4.78 is 27.6. The third-order valence-corrected chi connectivity index (χ3v) is 6.16. The lowest BCUT2D eigenvalue weighted by molar-refractivity contribution is -0.110. The Labute approximate surface area is 124 Å². The summed E-state index contributed by atoms with van der Waals surface area (Å²) in [4.78, 5) is 7.66. The largest absolute Gasteiger partial charge is 0.297 e. The first-order chi connectivity index (χ1) is 9.31. The van der Waals surface area contributed by atoms with Crippen molar-refractivity contribution < 1.29 is 13.3 Å². The maximum atomic E-state index is 12.5. The lowest BCUT2D eigenvalue weighted by Gasteiger charge is -2.22. The van der Waals surface area contributed by atoms with Crippen LogP contribution in [-0.4, -0.2) is 38.9 Å². The van der Waals surface area contributed by atoms with Crippen LogP contribution in [0.25, 0.3) is 0 Å². The van der Waals surface area contributed by atoms with Crippen LogP contribution in [0.15, 0.2) is 12.1 Å². The van der Waals surface area contributed by atoms with Crippen molar-refractivity contribution in [3.05, 3.63) is 21.9 Å². The summed E-state index contributed by atoms with van der Waals surface area (Å²) in [7, 11) is -1.60. The fourth-order valence-corrected chi connectivity index (χ4v) is 5.06. The lowest BCUT2D eigenvalue weighted by Crippen LogP contribution is -2.40. The van der Waals surface area contributed by atoms with E-state index in [0.717, 1.165) is 4.88 Å². The van der Waals surface area contributed by atoms with Crippen LogP contribution >= 0.6 is 11.3 Å². The molecular formula is C13H22N2O3S2. The summed E-state index contributed by atoms with van der Waals surface area (Å²) in [6, 6.07) is 3.76. The summed E-state index contributed by atoms with van der Waals surface area (Å²) >= 11 is 1.62. The minimum Gasteiger partial charge on any atom is -0.297 e. The van der Waals surface area contributed by atoms with Gasteiger partial charge in [0, 0.05) is 23.3 Å². The van der Waals surface area contributed by atoms with Gasteiger partial charge in [0.25, 0.3) is 0 Å². The number of sulfonamides is 1. The molecule has 7 heteroatoms. The van der Waals surface area contributed by atoms with Gasteiger partial charge in [-0.05, 0) is 25.0 Å². The highest BCUT2D eigenvalue weighted by Gasteiger charge is 2.43. The first-order valence-corrected chi connectivity index (χ1v) is 9.08. The van der Waals surface area contributed by atoms with E-state index < -0.39 is 15.3 Å². The summed E-state index contributed by atoms with van der Waals surface area (Å²) in [5.41, 5.74) is 0. The number of thiophene rings is 1. The zero-order valence-electron chi connectivity index (χ0n) is 12.3. The summed E-state index contributed by atoms with van der Waals surface area (Å²) in [5.74, 6) is 0.284. The van der Waals surface area contributed by atoms with Gasteiger partial charge in [-0.1, -0.05) is 13.8 Å². The molecule has 2 heterocycles. The van der Waals surface area contributed by atoms with Crippen molar-refractivity contribution in [1.82, 2.24) is 9.79 Å². The predicted octanol–water partition coefficient (Wildman–Crippen LogP) is 1.92. The normalized spacial score (nSPS) is 24.6. The van der Waals surface area contributed by atoms with Gasteiger partial charge in [-0.15, -0.1) is 11.3 Å². The Morgan fingerprint density at radius 3 is 2.75 bits per heavy atom. The maximum absolute atomic E-state index is 12.5. The molecule has 1 saturated heterocycles. The first kappa shape index (κ1) is 15.9. The average molecular weight is 318 g/mol. The molecule has 0 aliphatic carbocycles. The van der Waals surface area contributed by atoms with Gasteiger partial charge in [-0.3, -0.25) is 4.84 Å². The molecule has 0 saturated carbocycles. The van der Waals surface area contributed by atoms with E-state index in [4.69, 9.17) is 4.84 Å².